The van der Waals surface area contributed by atoms with E-state index in [0.29, 0.717) is 5.17 Å². The van der Waals surface area contributed by atoms with Crippen molar-refractivity contribution < 1.29 is 9.53 Å². The molecule has 2 rings (SSSR count). The maximum atomic E-state index is 12.5. The van der Waals surface area contributed by atoms with Gasteiger partial charge >= 0.3 is 6.09 Å². The van der Waals surface area contributed by atoms with Gasteiger partial charge in [-0.1, -0.05) is 50.1 Å². The van der Waals surface area contributed by atoms with Crippen LogP contribution >= 0.6 is 11.8 Å². The van der Waals surface area contributed by atoms with E-state index < -0.39 is 11.1 Å². The first-order valence-corrected chi connectivity index (χ1v) is 10.3. The number of nitrogens with one attached hydrogen (secondary N) is 3. The fourth-order valence-corrected chi connectivity index (χ4v) is 3.82. The normalized spacial score (nSPS) is 16.6. The van der Waals surface area contributed by atoms with Gasteiger partial charge in [-0.25, -0.2) is 4.79 Å². The fraction of sp³-hybridized carbons (Fsp3) is 0.600. The highest BCUT2D eigenvalue weighted by Gasteiger charge is 2.36. The van der Waals surface area contributed by atoms with Gasteiger partial charge in [0.2, 0.25) is 0 Å². The van der Waals surface area contributed by atoms with Crippen LogP contribution in [0.4, 0.5) is 10.5 Å². The maximum Gasteiger partial charge on any atom is 0.408 e. The number of alkyl carbamates (subject to hydrolysis) is 1. The van der Waals surface area contributed by atoms with Crippen molar-refractivity contribution in [3.63, 3.8) is 0 Å². The molecule has 1 saturated carbocycles. The van der Waals surface area contributed by atoms with Gasteiger partial charge in [0, 0.05) is 5.69 Å². The van der Waals surface area contributed by atoms with Gasteiger partial charge in [0.15, 0.2) is 5.17 Å². The molecule has 26 heavy (non-hydrogen) atoms. The average Bonchev–Trinajstić information content (AvgIpc) is 2.54. The first kappa shape index (κ1) is 20.6. The minimum atomic E-state index is -0.518. The maximum absolute atomic E-state index is 12.5. The number of hydrogen-bond donors (Lipinski definition) is 3. The van der Waals surface area contributed by atoms with Gasteiger partial charge in [0.25, 0.3) is 0 Å². The Hall–Kier alpha value is -1.69. The van der Waals surface area contributed by atoms with Crippen LogP contribution in [-0.2, 0) is 10.3 Å². The molecule has 1 aliphatic rings. The van der Waals surface area contributed by atoms with Crippen LogP contribution in [0.25, 0.3) is 0 Å². The molecule has 1 amide bonds. The summed E-state index contributed by atoms with van der Waals surface area (Å²) in [6, 6.07) is 8.05. The summed E-state index contributed by atoms with van der Waals surface area (Å²) in [5, 5.41) is 14.7. The summed E-state index contributed by atoms with van der Waals surface area (Å²) in [5.74, 6) is 0.857. The van der Waals surface area contributed by atoms with Gasteiger partial charge in [-0.15, -0.1) is 0 Å². The number of carbonyl (C=O) groups is 1. The van der Waals surface area contributed by atoms with E-state index in [0.717, 1.165) is 42.7 Å². The third-order valence-electron chi connectivity index (χ3n) is 4.41. The topological polar surface area (TPSA) is 74.2 Å². The third kappa shape index (κ3) is 5.94. The smallest absolute Gasteiger partial charge is 0.408 e. The number of benzene rings is 1. The zero-order valence-electron chi connectivity index (χ0n) is 16.3. The van der Waals surface area contributed by atoms with Crippen LogP contribution in [-0.4, -0.2) is 22.6 Å². The molecule has 0 saturated heterocycles. The molecule has 0 unspecified atom stereocenters. The highest BCUT2D eigenvalue weighted by molar-refractivity contribution is 8.14. The summed E-state index contributed by atoms with van der Waals surface area (Å²) in [7, 11) is 0. The van der Waals surface area contributed by atoms with Crippen LogP contribution in [0.15, 0.2) is 24.3 Å². The van der Waals surface area contributed by atoms with E-state index in [9.17, 15) is 4.79 Å². The zero-order valence-corrected chi connectivity index (χ0v) is 17.1. The molecule has 1 aromatic carbocycles. The van der Waals surface area contributed by atoms with E-state index in [-0.39, 0.29) is 6.09 Å². The fourth-order valence-electron chi connectivity index (χ4n) is 3.35. The van der Waals surface area contributed by atoms with Crippen molar-refractivity contribution in [1.29, 1.82) is 5.41 Å². The van der Waals surface area contributed by atoms with Crippen LogP contribution < -0.4 is 10.6 Å². The third-order valence-corrected chi connectivity index (χ3v) is 5.09. The first-order valence-electron chi connectivity index (χ1n) is 9.34. The molecule has 0 bridgehead atoms. The second-order valence-electron chi connectivity index (χ2n) is 7.74. The Morgan fingerprint density at radius 1 is 1.27 bits per heavy atom. The molecule has 0 atom stereocenters. The second-order valence-corrected chi connectivity index (χ2v) is 9.01. The number of rotatable bonds is 4. The summed E-state index contributed by atoms with van der Waals surface area (Å²) >= 11 is 1.47. The quantitative estimate of drug-likeness (QED) is 0.480. The Morgan fingerprint density at radius 2 is 1.96 bits per heavy atom. The molecule has 5 nitrogen and oxygen atoms in total. The van der Waals surface area contributed by atoms with E-state index in [2.05, 4.69) is 16.7 Å². The molecule has 0 spiro atoms. The van der Waals surface area contributed by atoms with Crippen LogP contribution in [0.1, 0.15) is 65.4 Å². The standard InChI is InChI=1S/C20H31N3O2S/c1-5-26-17(21)22-16-11-9-10-15(14-16)20(12-7-6-8-13-20)23-18(24)25-19(2,3)4/h9-11,14H,5-8,12-13H2,1-4H3,(H2,21,22)(H,23,24). The van der Waals surface area contributed by atoms with Crippen molar-refractivity contribution in [2.75, 3.05) is 11.1 Å². The molecule has 1 aliphatic carbocycles. The number of ether oxygens (including phenoxy) is 1. The predicted octanol–water partition coefficient (Wildman–Crippen LogP) is 5.47. The minimum absolute atomic E-state index is 0.368. The summed E-state index contributed by atoms with van der Waals surface area (Å²) in [4.78, 5) is 12.5. The molecule has 1 aromatic rings. The first-order chi connectivity index (χ1) is 12.2. The molecule has 3 N–H and O–H groups in total. The summed E-state index contributed by atoms with van der Waals surface area (Å²) in [6.45, 7) is 7.66. The highest BCUT2D eigenvalue weighted by Crippen LogP contribution is 2.38. The van der Waals surface area contributed by atoms with Crippen molar-refractivity contribution in [2.45, 2.75) is 70.9 Å². The SMILES string of the molecule is CCSC(=N)Nc1cccc(C2(NC(=O)OC(C)(C)C)CCCCC2)c1. The summed E-state index contributed by atoms with van der Waals surface area (Å²) < 4.78 is 5.51. The Labute approximate surface area is 161 Å². The largest absolute Gasteiger partial charge is 0.444 e. The van der Waals surface area contributed by atoms with Gasteiger partial charge < -0.3 is 15.4 Å². The van der Waals surface area contributed by atoms with Crippen LogP contribution in [0, 0.1) is 5.41 Å². The van der Waals surface area contributed by atoms with Gasteiger partial charge in [-0.05, 0) is 57.1 Å². The Kier molecular flexibility index (Phi) is 6.98. The van der Waals surface area contributed by atoms with Gasteiger partial charge in [-0.3, -0.25) is 5.41 Å². The number of hydrogen-bond acceptors (Lipinski definition) is 4. The van der Waals surface area contributed by atoms with Gasteiger partial charge in [0.05, 0.1) is 5.54 Å². The molecular formula is C20H31N3O2S. The monoisotopic (exact) mass is 377 g/mol. The number of thioether (sulfide) groups is 1. The zero-order chi connectivity index (χ0) is 19.2. The Balaban J connectivity index is 2.23. The van der Waals surface area contributed by atoms with Crippen molar-refractivity contribution in [1.82, 2.24) is 5.32 Å². The van der Waals surface area contributed by atoms with Crippen molar-refractivity contribution >= 4 is 28.7 Å². The highest BCUT2D eigenvalue weighted by atomic mass is 32.2. The van der Waals surface area contributed by atoms with Crippen molar-refractivity contribution in [3.05, 3.63) is 29.8 Å². The molecular weight excluding hydrogens is 346 g/mol. The average molecular weight is 378 g/mol. The molecule has 0 heterocycles. The Bertz CT molecular complexity index is 634. The number of anilines is 1. The summed E-state index contributed by atoms with van der Waals surface area (Å²) in [6.07, 6.45) is 4.78. The van der Waals surface area contributed by atoms with Crippen molar-refractivity contribution in [3.8, 4) is 0 Å². The van der Waals surface area contributed by atoms with E-state index in [4.69, 9.17) is 10.1 Å². The lowest BCUT2D eigenvalue weighted by Gasteiger charge is -2.39. The number of carbonyl (C=O) groups excluding carboxylic acids is 1. The van der Waals surface area contributed by atoms with E-state index in [1.165, 1.54) is 18.2 Å². The minimum Gasteiger partial charge on any atom is -0.444 e. The lowest BCUT2D eigenvalue weighted by Crippen LogP contribution is -2.48. The number of amidine groups is 1. The molecule has 0 aliphatic heterocycles. The molecule has 0 aromatic heterocycles. The lowest BCUT2D eigenvalue weighted by molar-refractivity contribution is 0.0420. The van der Waals surface area contributed by atoms with Crippen LogP contribution in [0.3, 0.4) is 0 Å². The molecule has 0 radical (unpaired) electrons. The van der Waals surface area contributed by atoms with Crippen LogP contribution in [0.2, 0.25) is 0 Å². The van der Waals surface area contributed by atoms with E-state index in [1.807, 2.05) is 45.9 Å². The summed E-state index contributed by atoms with van der Waals surface area (Å²) in [5.41, 5.74) is 1.03. The molecule has 6 heteroatoms. The lowest BCUT2D eigenvalue weighted by atomic mass is 9.76. The molecule has 1 fully saturated rings. The predicted molar refractivity (Wildman–Crippen MR) is 110 cm³/mol. The Morgan fingerprint density at radius 3 is 2.58 bits per heavy atom. The number of amides is 1. The van der Waals surface area contributed by atoms with Crippen molar-refractivity contribution in [2.24, 2.45) is 0 Å². The van der Waals surface area contributed by atoms with Gasteiger partial charge in [-0.2, -0.15) is 0 Å². The van der Waals surface area contributed by atoms with E-state index in [1.54, 1.807) is 0 Å². The van der Waals surface area contributed by atoms with E-state index >= 15 is 0 Å². The van der Waals surface area contributed by atoms with Gasteiger partial charge in [0.1, 0.15) is 5.60 Å². The second kappa shape index (κ2) is 8.80. The van der Waals surface area contributed by atoms with Crippen LogP contribution in [0.5, 0.6) is 0 Å². The molecule has 144 valence electrons.